The average molecular weight is 341 g/mol. The molecule has 0 amide bonds. The van der Waals surface area contributed by atoms with Crippen LogP contribution in [-0.4, -0.2) is 5.78 Å². The van der Waals surface area contributed by atoms with Gasteiger partial charge in [0.1, 0.15) is 5.58 Å². The summed E-state index contributed by atoms with van der Waals surface area (Å²) in [5, 5.41) is 4.33. The van der Waals surface area contributed by atoms with E-state index in [1.807, 2.05) is 48.5 Å². The van der Waals surface area contributed by atoms with Crippen molar-refractivity contribution in [1.82, 2.24) is 0 Å². The summed E-state index contributed by atoms with van der Waals surface area (Å²) in [5.74, 6) is 0.235. The Kier molecular flexibility index (Phi) is 4.28. The number of aryl methyl sites for hydroxylation is 1. The van der Waals surface area contributed by atoms with Crippen molar-refractivity contribution < 1.29 is 9.21 Å². The van der Waals surface area contributed by atoms with Crippen LogP contribution in [0.25, 0.3) is 11.0 Å². The van der Waals surface area contributed by atoms with Gasteiger partial charge in [0.05, 0.1) is 5.69 Å². The molecule has 0 aliphatic carbocycles. The predicted octanol–water partition coefficient (Wildman–Crippen LogP) is 5.58. The molecule has 4 aromatic rings. The van der Waals surface area contributed by atoms with Crippen LogP contribution in [0.1, 0.15) is 27.2 Å². The van der Waals surface area contributed by atoms with Crippen molar-refractivity contribution in [3.8, 4) is 0 Å². The predicted molar refractivity (Wildman–Crippen MR) is 105 cm³/mol. The second-order valence-corrected chi connectivity index (χ2v) is 6.34. The molecule has 0 radical (unpaired) electrons. The van der Waals surface area contributed by atoms with Gasteiger partial charge in [-0.1, -0.05) is 72.3 Å². The van der Waals surface area contributed by atoms with Crippen molar-refractivity contribution in [2.45, 2.75) is 13.5 Å². The first-order valence-corrected chi connectivity index (χ1v) is 8.63. The van der Waals surface area contributed by atoms with Gasteiger partial charge in [-0.3, -0.25) is 4.79 Å². The third-order valence-corrected chi connectivity index (χ3v) is 4.39. The van der Waals surface area contributed by atoms with Gasteiger partial charge in [-0.05, 0) is 24.6 Å². The maximum Gasteiger partial charge on any atom is 0.230 e. The molecular formula is C23H19NO2. The summed E-state index contributed by atoms with van der Waals surface area (Å²) >= 11 is 0. The number of rotatable bonds is 5. The molecule has 26 heavy (non-hydrogen) atoms. The fraction of sp³-hybridized carbons (Fsp3) is 0.0870. The zero-order chi connectivity index (χ0) is 17.9. The number of para-hydroxylation sites is 1. The van der Waals surface area contributed by atoms with Crippen LogP contribution in [0.3, 0.4) is 0 Å². The molecule has 1 N–H and O–H groups in total. The summed E-state index contributed by atoms with van der Waals surface area (Å²) < 4.78 is 5.92. The highest BCUT2D eigenvalue weighted by Crippen LogP contribution is 2.32. The molecule has 0 saturated carbocycles. The van der Waals surface area contributed by atoms with Crippen LogP contribution in [0, 0.1) is 6.92 Å². The van der Waals surface area contributed by atoms with Crippen molar-refractivity contribution >= 4 is 22.4 Å². The minimum Gasteiger partial charge on any atom is -0.450 e. The second-order valence-electron chi connectivity index (χ2n) is 6.34. The zero-order valence-electron chi connectivity index (χ0n) is 14.5. The third-order valence-electron chi connectivity index (χ3n) is 4.39. The number of hydrogen-bond acceptors (Lipinski definition) is 3. The topological polar surface area (TPSA) is 42.2 Å². The SMILES string of the molecule is Cc1cccc(CNc2c(C(=O)c3ccccc3)oc3ccccc23)c1. The second kappa shape index (κ2) is 6.89. The molecule has 0 aliphatic heterocycles. The van der Waals surface area contributed by atoms with E-state index in [1.165, 1.54) is 5.56 Å². The first kappa shape index (κ1) is 16.2. The lowest BCUT2D eigenvalue weighted by Crippen LogP contribution is -2.06. The van der Waals surface area contributed by atoms with Gasteiger partial charge in [0.2, 0.25) is 5.78 Å². The molecule has 3 aromatic carbocycles. The van der Waals surface area contributed by atoms with E-state index in [1.54, 1.807) is 12.1 Å². The molecule has 3 nitrogen and oxygen atoms in total. The highest BCUT2D eigenvalue weighted by atomic mass is 16.3. The molecule has 1 aromatic heterocycles. The number of carbonyl (C=O) groups excluding carboxylic acids is 1. The van der Waals surface area contributed by atoms with E-state index in [0.29, 0.717) is 23.5 Å². The molecule has 128 valence electrons. The molecular weight excluding hydrogens is 322 g/mol. The first-order valence-electron chi connectivity index (χ1n) is 8.63. The van der Waals surface area contributed by atoms with E-state index in [4.69, 9.17) is 4.42 Å². The quantitative estimate of drug-likeness (QED) is 0.482. The number of carbonyl (C=O) groups is 1. The largest absolute Gasteiger partial charge is 0.450 e. The monoisotopic (exact) mass is 341 g/mol. The molecule has 4 rings (SSSR count). The van der Waals surface area contributed by atoms with Gasteiger partial charge in [-0.2, -0.15) is 0 Å². The van der Waals surface area contributed by atoms with Crippen LogP contribution in [0.15, 0.2) is 83.3 Å². The van der Waals surface area contributed by atoms with Crippen LogP contribution in [0.5, 0.6) is 0 Å². The summed E-state index contributed by atoms with van der Waals surface area (Å²) in [5.41, 5.74) is 4.44. The number of nitrogens with one attached hydrogen (secondary N) is 1. The maximum atomic E-state index is 13.0. The van der Waals surface area contributed by atoms with Crippen LogP contribution in [-0.2, 0) is 6.54 Å². The summed E-state index contributed by atoms with van der Waals surface area (Å²) in [6.45, 7) is 2.70. The van der Waals surface area contributed by atoms with Crippen LogP contribution in [0.2, 0.25) is 0 Å². The van der Waals surface area contributed by atoms with Crippen molar-refractivity contribution in [3.05, 3.63) is 101 Å². The molecule has 0 fully saturated rings. The Hall–Kier alpha value is -3.33. The average Bonchev–Trinajstić information content (AvgIpc) is 3.05. The van der Waals surface area contributed by atoms with Gasteiger partial charge in [-0.15, -0.1) is 0 Å². The van der Waals surface area contributed by atoms with Gasteiger partial charge in [0.25, 0.3) is 0 Å². The fourth-order valence-electron chi connectivity index (χ4n) is 3.11. The Labute approximate surface area is 152 Å². The number of fused-ring (bicyclic) bond motifs is 1. The number of hydrogen-bond donors (Lipinski definition) is 1. The van der Waals surface area contributed by atoms with E-state index in [9.17, 15) is 4.79 Å². The van der Waals surface area contributed by atoms with Gasteiger partial charge >= 0.3 is 0 Å². The van der Waals surface area contributed by atoms with Crippen molar-refractivity contribution in [1.29, 1.82) is 0 Å². The molecule has 0 saturated heterocycles. The molecule has 0 bridgehead atoms. The van der Waals surface area contributed by atoms with Crippen molar-refractivity contribution in [2.24, 2.45) is 0 Å². The Morgan fingerprint density at radius 1 is 0.923 bits per heavy atom. The zero-order valence-corrected chi connectivity index (χ0v) is 14.5. The standard InChI is InChI=1S/C23H19NO2/c1-16-8-7-9-17(14-16)15-24-21-19-12-5-6-13-20(19)26-23(21)22(25)18-10-3-2-4-11-18/h2-14,24H,15H2,1H3. The highest BCUT2D eigenvalue weighted by Gasteiger charge is 2.21. The lowest BCUT2D eigenvalue weighted by atomic mass is 10.1. The molecule has 0 spiro atoms. The molecule has 0 unspecified atom stereocenters. The van der Waals surface area contributed by atoms with Crippen LogP contribution >= 0.6 is 0 Å². The summed E-state index contributed by atoms with van der Waals surface area (Å²) in [6, 6.07) is 25.2. The molecule has 1 heterocycles. The molecule has 3 heteroatoms. The number of anilines is 1. The highest BCUT2D eigenvalue weighted by molar-refractivity contribution is 6.14. The molecule has 0 aliphatic rings. The summed E-state index contributed by atoms with van der Waals surface area (Å²) in [7, 11) is 0. The fourth-order valence-corrected chi connectivity index (χ4v) is 3.11. The lowest BCUT2D eigenvalue weighted by molar-refractivity contribution is 0.101. The van der Waals surface area contributed by atoms with Crippen molar-refractivity contribution in [2.75, 3.05) is 5.32 Å². The van der Waals surface area contributed by atoms with E-state index in [2.05, 4.69) is 30.4 Å². The smallest absolute Gasteiger partial charge is 0.230 e. The first-order chi connectivity index (χ1) is 12.7. The Balaban J connectivity index is 1.73. The number of benzene rings is 3. The van der Waals surface area contributed by atoms with E-state index >= 15 is 0 Å². The van der Waals surface area contributed by atoms with Gasteiger partial charge in [0, 0.05) is 17.5 Å². The minimum absolute atomic E-state index is 0.117. The Morgan fingerprint density at radius 2 is 1.69 bits per heavy atom. The van der Waals surface area contributed by atoms with Crippen LogP contribution in [0.4, 0.5) is 5.69 Å². The third kappa shape index (κ3) is 3.11. The lowest BCUT2D eigenvalue weighted by Gasteiger charge is -2.08. The minimum atomic E-state index is -0.117. The summed E-state index contributed by atoms with van der Waals surface area (Å²) in [4.78, 5) is 13.0. The summed E-state index contributed by atoms with van der Waals surface area (Å²) in [6.07, 6.45) is 0. The number of ketones is 1. The van der Waals surface area contributed by atoms with Crippen molar-refractivity contribution in [3.63, 3.8) is 0 Å². The van der Waals surface area contributed by atoms with E-state index in [0.717, 1.165) is 16.6 Å². The maximum absolute atomic E-state index is 13.0. The van der Waals surface area contributed by atoms with Gasteiger partial charge in [-0.25, -0.2) is 0 Å². The Morgan fingerprint density at radius 3 is 2.50 bits per heavy atom. The normalized spacial score (nSPS) is 10.8. The van der Waals surface area contributed by atoms with Gasteiger partial charge < -0.3 is 9.73 Å². The van der Waals surface area contributed by atoms with Gasteiger partial charge in [0.15, 0.2) is 5.76 Å². The van der Waals surface area contributed by atoms with E-state index < -0.39 is 0 Å². The van der Waals surface area contributed by atoms with Crippen LogP contribution < -0.4 is 5.32 Å². The number of furan rings is 1. The molecule has 0 atom stereocenters. The van der Waals surface area contributed by atoms with E-state index in [-0.39, 0.29) is 5.78 Å². The Bertz CT molecular complexity index is 1060.